The Kier molecular flexibility index (Phi) is 7.47. The lowest BCUT2D eigenvalue weighted by molar-refractivity contribution is 0.0696. The van der Waals surface area contributed by atoms with Gasteiger partial charge in [-0.25, -0.2) is 9.78 Å². The van der Waals surface area contributed by atoms with E-state index in [0.29, 0.717) is 52.1 Å². The Labute approximate surface area is 227 Å². The standard InChI is InChI=1S/C32H31N3O4/c1-19(2)27-15-21(17-33)16-28-29(27)39-31(35-28)25-11-9-24(10-12-25)30(36)34-18-20-3-5-22(6-4-20)23-7-13-26(14-8-23)32(37)38/h7-16,19-20,22H,3-6,18H2,1-2H3,(H,34,36)(H,37,38). The summed E-state index contributed by atoms with van der Waals surface area (Å²) in [5.41, 5.74) is 5.69. The number of oxazole rings is 1. The molecule has 3 aromatic carbocycles. The van der Waals surface area contributed by atoms with Gasteiger partial charge in [-0.3, -0.25) is 4.79 Å². The van der Waals surface area contributed by atoms with Gasteiger partial charge in [-0.2, -0.15) is 5.26 Å². The van der Waals surface area contributed by atoms with Gasteiger partial charge >= 0.3 is 5.97 Å². The van der Waals surface area contributed by atoms with Crippen LogP contribution in [0.1, 0.15) is 88.8 Å². The Bertz CT molecular complexity index is 1540. The molecule has 0 atom stereocenters. The minimum atomic E-state index is -0.905. The molecule has 0 spiro atoms. The van der Waals surface area contributed by atoms with Gasteiger partial charge < -0.3 is 14.8 Å². The number of hydrogen-bond donors (Lipinski definition) is 2. The third kappa shape index (κ3) is 5.70. The maximum Gasteiger partial charge on any atom is 0.335 e. The highest BCUT2D eigenvalue weighted by Gasteiger charge is 2.23. The Morgan fingerprint density at radius 3 is 2.31 bits per heavy atom. The number of aromatic nitrogens is 1. The molecule has 1 aliphatic rings. The van der Waals surface area contributed by atoms with E-state index >= 15 is 0 Å². The van der Waals surface area contributed by atoms with Crippen LogP contribution < -0.4 is 5.32 Å². The highest BCUT2D eigenvalue weighted by molar-refractivity contribution is 5.94. The number of fused-ring (bicyclic) bond motifs is 1. The maximum absolute atomic E-state index is 12.8. The van der Waals surface area contributed by atoms with Crippen molar-refractivity contribution in [3.8, 4) is 17.5 Å². The van der Waals surface area contributed by atoms with Crippen LogP contribution in [0.2, 0.25) is 0 Å². The zero-order valence-electron chi connectivity index (χ0n) is 22.1. The van der Waals surface area contributed by atoms with Gasteiger partial charge in [-0.05, 0) is 97.5 Å². The molecule has 7 heteroatoms. The number of amides is 1. The van der Waals surface area contributed by atoms with Crippen LogP contribution in [0.25, 0.3) is 22.6 Å². The number of rotatable bonds is 7. The number of carbonyl (C=O) groups excluding carboxylic acids is 1. The van der Waals surface area contributed by atoms with E-state index in [1.807, 2.05) is 30.3 Å². The number of nitriles is 1. The summed E-state index contributed by atoms with van der Waals surface area (Å²) in [5.74, 6) is 0.498. The van der Waals surface area contributed by atoms with Crippen molar-refractivity contribution >= 4 is 23.0 Å². The smallest absolute Gasteiger partial charge is 0.335 e. The number of carbonyl (C=O) groups is 2. The molecule has 39 heavy (non-hydrogen) atoms. The van der Waals surface area contributed by atoms with Crippen molar-refractivity contribution in [1.29, 1.82) is 5.26 Å². The summed E-state index contributed by atoms with van der Waals surface area (Å²) in [6, 6.07) is 20.2. The van der Waals surface area contributed by atoms with Crippen LogP contribution in [0, 0.1) is 17.2 Å². The molecule has 1 saturated carbocycles. The molecule has 1 amide bonds. The number of carboxylic acid groups (broad SMARTS) is 1. The molecule has 0 aliphatic heterocycles. The van der Waals surface area contributed by atoms with Crippen LogP contribution in [0.5, 0.6) is 0 Å². The van der Waals surface area contributed by atoms with Crippen molar-refractivity contribution in [2.45, 2.75) is 51.4 Å². The molecule has 0 saturated heterocycles. The summed E-state index contributed by atoms with van der Waals surface area (Å²) in [7, 11) is 0. The minimum Gasteiger partial charge on any atom is -0.478 e. The van der Waals surface area contributed by atoms with Crippen LogP contribution in [0.4, 0.5) is 0 Å². The van der Waals surface area contributed by atoms with E-state index in [-0.39, 0.29) is 11.8 Å². The summed E-state index contributed by atoms with van der Waals surface area (Å²) in [5, 5.41) is 21.5. The molecule has 198 valence electrons. The quantitative estimate of drug-likeness (QED) is 0.273. The van der Waals surface area contributed by atoms with Crippen molar-refractivity contribution in [2.75, 3.05) is 6.54 Å². The van der Waals surface area contributed by atoms with Crippen molar-refractivity contribution in [2.24, 2.45) is 5.92 Å². The topological polar surface area (TPSA) is 116 Å². The van der Waals surface area contributed by atoms with Crippen molar-refractivity contribution in [1.82, 2.24) is 10.3 Å². The van der Waals surface area contributed by atoms with Gasteiger partial charge in [-0.1, -0.05) is 26.0 Å². The van der Waals surface area contributed by atoms with Gasteiger partial charge in [0.05, 0.1) is 17.2 Å². The third-order valence-corrected chi connectivity index (χ3v) is 7.69. The molecule has 0 bridgehead atoms. The van der Waals surface area contributed by atoms with E-state index in [1.54, 1.807) is 30.3 Å². The Morgan fingerprint density at radius 2 is 1.69 bits per heavy atom. The lowest BCUT2D eigenvalue weighted by Gasteiger charge is -2.29. The molecular weight excluding hydrogens is 490 g/mol. The Morgan fingerprint density at radius 1 is 1.03 bits per heavy atom. The average molecular weight is 522 g/mol. The normalized spacial score (nSPS) is 17.2. The van der Waals surface area contributed by atoms with Crippen LogP contribution in [0.15, 0.2) is 65.1 Å². The average Bonchev–Trinajstić information content (AvgIpc) is 3.40. The first kappa shape index (κ1) is 26.2. The van der Waals surface area contributed by atoms with Crippen LogP contribution >= 0.6 is 0 Å². The molecule has 0 radical (unpaired) electrons. The van der Waals surface area contributed by atoms with Gasteiger partial charge in [0, 0.05) is 23.2 Å². The molecule has 4 aromatic rings. The van der Waals surface area contributed by atoms with Crippen LogP contribution in [-0.4, -0.2) is 28.5 Å². The lowest BCUT2D eigenvalue weighted by atomic mass is 9.78. The van der Waals surface area contributed by atoms with Crippen LogP contribution in [-0.2, 0) is 0 Å². The first-order valence-electron chi connectivity index (χ1n) is 13.4. The predicted molar refractivity (Wildman–Crippen MR) is 149 cm³/mol. The summed E-state index contributed by atoms with van der Waals surface area (Å²) in [6.07, 6.45) is 4.10. The number of benzene rings is 3. The van der Waals surface area contributed by atoms with Gasteiger partial charge in [0.1, 0.15) is 5.52 Å². The molecule has 5 rings (SSSR count). The predicted octanol–water partition coefficient (Wildman–Crippen LogP) is 6.89. The number of aromatic carboxylic acids is 1. The number of carboxylic acids is 1. The first-order chi connectivity index (χ1) is 18.8. The molecule has 1 heterocycles. The first-order valence-corrected chi connectivity index (χ1v) is 13.4. The summed E-state index contributed by atoms with van der Waals surface area (Å²) in [6.45, 7) is 4.74. The van der Waals surface area contributed by atoms with E-state index in [2.05, 4.69) is 30.2 Å². The largest absolute Gasteiger partial charge is 0.478 e. The second-order valence-corrected chi connectivity index (χ2v) is 10.6. The van der Waals surface area contributed by atoms with Crippen molar-refractivity contribution < 1.29 is 19.1 Å². The van der Waals surface area contributed by atoms with Gasteiger partial charge in [0.2, 0.25) is 5.89 Å². The zero-order valence-corrected chi connectivity index (χ0v) is 22.1. The summed E-state index contributed by atoms with van der Waals surface area (Å²) >= 11 is 0. The van der Waals surface area contributed by atoms with Crippen molar-refractivity contribution in [3.63, 3.8) is 0 Å². The fourth-order valence-corrected chi connectivity index (χ4v) is 5.38. The fraction of sp³-hybridized carbons (Fsp3) is 0.312. The molecular formula is C32H31N3O4. The summed E-state index contributed by atoms with van der Waals surface area (Å²) < 4.78 is 6.08. The molecule has 0 unspecified atom stereocenters. The highest BCUT2D eigenvalue weighted by atomic mass is 16.4. The van der Waals surface area contributed by atoms with E-state index in [1.165, 1.54) is 5.56 Å². The number of nitrogens with zero attached hydrogens (tertiary/aromatic N) is 2. The summed E-state index contributed by atoms with van der Waals surface area (Å²) in [4.78, 5) is 28.5. The van der Waals surface area contributed by atoms with Gasteiger partial charge in [0.25, 0.3) is 5.91 Å². The van der Waals surface area contributed by atoms with Gasteiger partial charge in [0.15, 0.2) is 5.58 Å². The third-order valence-electron chi connectivity index (χ3n) is 7.69. The fourth-order valence-electron chi connectivity index (χ4n) is 5.38. The van der Waals surface area contributed by atoms with Crippen molar-refractivity contribution in [3.05, 3.63) is 88.5 Å². The molecule has 7 nitrogen and oxygen atoms in total. The minimum absolute atomic E-state index is 0.105. The Hall–Kier alpha value is -4.44. The second-order valence-electron chi connectivity index (χ2n) is 10.6. The number of nitrogens with one attached hydrogen (secondary N) is 1. The lowest BCUT2D eigenvalue weighted by Crippen LogP contribution is -2.31. The zero-order chi connectivity index (χ0) is 27.5. The number of hydrogen-bond acceptors (Lipinski definition) is 5. The van der Waals surface area contributed by atoms with Crippen LogP contribution in [0.3, 0.4) is 0 Å². The van der Waals surface area contributed by atoms with E-state index in [4.69, 9.17) is 9.52 Å². The van der Waals surface area contributed by atoms with E-state index in [0.717, 1.165) is 36.8 Å². The SMILES string of the molecule is CC(C)c1cc(C#N)cc2nc(-c3ccc(C(=O)NCC4CCC(c5ccc(C(=O)O)cc5)CC4)cc3)oc12. The Balaban J connectivity index is 1.17. The molecule has 1 fully saturated rings. The second kappa shape index (κ2) is 11.1. The van der Waals surface area contributed by atoms with Gasteiger partial charge in [-0.15, -0.1) is 0 Å². The molecule has 1 aromatic heterocycles. The monoisotopic (exact) mass is 521 g/mol. The van der Waals surface area contributed by atoms with E-state index in [9.17, 15) is 14.9 Å². The highest BCUT2D eigenvalue weighted by Crippen LogP contribution is 2.36. The molecule has 2 N–H and O–H groups in total. The van der Waals surface area contributed by atoms with E-state index < -0.39 is 5.97 Å². The maximum atomic E-state index is 12.8. The molecule has 1 aliphatic carbocycles.